The van der Waals surface area contributed by atoms with Gasteiger partial charge in [-0.25, -0.2) is 4.79 Å². The number of aliphatic carboxylic acids is 1. The Hall–Kier alpha value is -0.840. The van der Waals surface area contributed by atoms with E-state index in [0.29, 0.717) is 0 Å². The molecule has 1 aromatic rings. The van der Waals surface area contributed by atoms with Crippen LogP contribution < -0.4 is 0 Å². The first-order valence-corrected chi connectivity index (χ1v) is 4.74. The van der Waals surface area contributed by atoms with Gasteiger partial charge in [0.05, 0.1) is 10.7 Å². The van der Waals surface area contributed by atoms with Gasteiger partial charge in [0, 0.05) is 6.20 Å². The van der Waals surface area contributed by atoms with E-state index in [0.717, 1.165) is 4.47 Å². The molecule has 0 aliphatic rings. The van der Waals surface area contributed by atoms with E-state index in [9.17, 15) is 4.79 Å². The highest BCUT2D eigenvalue weighted by atomic mass is 79.9. The number of rotatable bonds is 3. The Balaban J connectivity index is 2.95. The zero-order chi connectivity index (χ0) is 10.0. The zero-order valence-corrected chi connectivity index (χ0v) is 9.02. The summed E-state index contributed by atoms with van der Waals surface area (Å²) in [5.41, 5.74) is 0. The van der Waals surface area contributed by atoms with Crippen LogP contribution in [0.5, 0.6) is 0 Å². The van der Waals surface area contributed by atoms with Crippen molar-refractivity contribution in [1.29, 1.82) is 0 Å². The molecule has 0 amide bonds. The van der Waals surface area contributed by atoms with Crippen molar-refractivity contribution < 1.29 is 9.90 Å². The van der Waals surface area contributed by atoms with Gasteiger partial charge in [0.2, 0.25) is 0 Å². The Labute approximate surface area is 84.7 Å². The van der Waals surface area contributed by atoms with Gasteiger partial charge in [-0.1, -0.05) is 13.8 Å². The van der Waals surface area contributed by atoms with Crippen molar-refractivity contribution in [3.05, 3.63) is 16.9 Å². The van der Waals surface area contributed by atoms with Gasteiger partial charge < -0.3 is 5.11 Å². The Kier molecular flexibility index (Phi) is 3.08. The largest absolute Gasteiger partial charge is 0.480 e. The molecule has 0 fully saturated rings. The van der Waals surface area contributed by atoms with Gasteiger partial charge in [-0.3, -0.25) is 4.68 Å². The molecule has 0 radical (unpaired) electrons. The summed E-state index contributed by atoms with van der Waals surface area (Å²) in [7, 11) is 0. The standard InChI is InChI=1S/C8H11BrN2O2/c1-5(2)7(8(12)13)11-4-6(9)3-10-11/h3-5,7H,1-2H3,(H,12,13). The van der Waals surface area contributed by atoms with E-state index in [1.54, 1.807) is 12.4 Å². The highest BCUT2D eigenvalue weighted by molar-refractivity contribution is 9.10. The average Bonchev–Trinajstić information content (AvgIpc) is 2.34. The zero-order valence-electron chi connectivity index (χ0n) is 7.44. The smallest absolute Gasteiger partial charge is 0.328 e. The molecule has 13 heavy (non-hydrogen) atoms. The summed E-state index contributed by atoms with van der Waals surface area (Å²) in [6, 6.07) is -0.591. The first-order chi connectivity index (χ1) is 6.02. The van der Waals surface area contributed by atoms with Crippen LogP contribution in [0.15, 0.2) is 16.9 Å². The maximum Gasteiger partial charge on any atom is 0.328 e. The van der Waals surface area contributed by atoms with E-state index in [-0.39, 0.29) is 5.92 Å². The third-order valence-corrected chi connectivity index (χ3v) is 2.15. The molecule has 0 saturated heterocycles. The molecule has 1 N–H and O–H groups in total. The maximum atomic E-state index is 10.9. The van der Waals surface area contributed by atoms with E-state index < -0.39 is 12.0 Å². The monoisotopic (exact) mass is 246 g/mol. The molecule has 1 rings (SSSR count). The van der Waals surface area contributed by atoms with Crippen LogP contribution in [-0.2, 0) is 4.79 Å². The second-order valence-electron chi connectivity index (χ2n) is 3.17. The lowest BCUT2D eigenvalue weighted by atomic mass is 10.1. The topological polar surface area (TPSA) is 55.1 Å². The quantitative estimate of drug-likeness (QED) is 0.887. The molecule has 1 heterocycles. The molecule has 72 valence electrons. The van der Waals surface area contributed by atoms with Crippen LogP contribution in [0, 0.1) is 5.92 Å². The summed E-state index contributed by atoms with van der Waals surface area (Å²) >= 11 is 3.22. The minimum absolute atomic E-state index is 0.0179. The summed E-state index contributed by atoms with van der Waals surface area (Å²) in [6.45, 7) is 3.71. The Morgan fingerprint density at radius 1 is 1.69 bits per heavy atom. The summed E-state index contributed by atoms with van der Waals surface area (Å²) in [6.07, 6.45) is 3.25. The molecule has 0 aliphatic heterocycles. The number of nitrogens with zero attached hydrogens (tertiary/aromatic N) is 2. The van der Waals surface area contributed by atoms with Gasteiger partial charge in [-0.05, 0) is 21.8 Å². The number of carboxylic acids is 1. The van der Waals surface area contributed by atoms with Crippen LogP contribution in [0.2, 0.25) is 0 Å². The first-order valence-electron chi connectivity index (χ1n) is 3.95. The number of carbonyl (C=O) groups is 1. The van der Waals surface area contributed by atoms with Crippen molar-refractivity contribution in [2.45, 2.75) is 19.9 Å². The van der Waals surface area contributed by atoms with Crippen LogP contribution in [0.4, 0.5) is 0 Å². The van der Waals surface area contributed by atoms with Crippen LogP contribution in [0.25, 0.3) is 0 Å². The van der Waals surface area contributed by atoms with Crippen LogP contribution in [0.1, 0.15) is 19.9 Å². The normalized spacial score (nSPS) is 13.2. The number of halogens is 1. The second-order valence-corrected chi connectivity index (χ2v) is 4.08. The van der Waals surface area contributed by atoms with Gasteiger partial charge in [-0.15, -0.1) is 0 Å². The predicted molar refractivity (Wildman–Crippen MR) is 51.4 cm³/mol. The minimum Gasteiger partial charge on any atom is -0.480 e. The van der Waals surface area contributed by atoms with Crippen molar-refractivity contribution >= 4 is 21.9 Å². The van der Waals surface area contributed by atoms with E-state index in [2.05, 4.69) is 21.0 Å². The second kappa shape index (κ2) is 3.91. The molecule has 0 bridgehead atoms. The van der Waals surface area contributed by atoms with Crippen molar-refractivity contribution in [3.8, 4) is 0 Å². The fraction of sp³-hybridized carbons (Fsp3) is 0.500. The SMILES string of the molecule is CC(C)C(C(=O)O)n1cc(Br)cn1. The highest BCUT2D eigenvalue weighted by Gasteiger charge is 2.23. The Bertz CT molecular complexity index is 309. The van der Waals surface area contributed by atoms with Gasteiger partial charge in [0.1, 0.15) is 0 Å². The van der Waals surface area contributed by atoms with E-state index >= 15 is 0 Å². The highest BCUT2D eigenvalue weighted by Crippen LogP contribution is 2.19. The molecule has 0 saturated carbocycles. The van der Waals surface area contributed by atoms with Gasteiger partial charge >= 0.3 is 5.97 Å². The van der Waals surface area contributed by atoms with Gasteiger partial charge in [0.25, 0.3) is 0 Å². The minimum atomic E-state index is -0.856. The number of carboxylic acid groups (broad SMARTS) is 1. The molecule has 1 atom stereocenters. The molecule has 1 aromatic heterocycles. The summed E-state index contributed by atoms with van der Waals surface area (Å²) in [5, 5.41) is 12.9. The number of aromatic nitrogens is 2. The Morgan fingerprint density at radius 3 is 2.62 bits per heavy atom. The lowest BCUT2D eigenvalue weighted by Crippen LogP contribution is -2.24. The fourth-order valence-electron chi connectivity index (χ4n) is 1.17. The summed E-state index contributed by atoms with van der Waals surface area (Å²) < 4.78 is 2.25. The van der Waals surface area contributed by atoms with E-state index in [4.69, 9.17) is 5.11 Å². The predicted octanol–water partition coefficient (Wildman–Crippen LogP) is 1.93. The Morgan fingerprint density at radius 2 is 2.31 bits per heavy atom. The molecule has 1 unspecified atom stereocenters. The third-order valence-electron chi connectivity index (χ3n) is 1.74. The fourth-order valence-corrected chi connectivity index (χ4v) is 1.47. The molecule has 0 aliphatic carbocycles. The van der Waals surface area contributed by atoms with Crippen LogP contribution in [-0.4, -0.2) is 20.9 Å². The van der Waals surface area contributed by atoms with Crippen molar-refractivity contribution in [2.75, 3.05) is 0 Å². The third kappa shape index (κ3) is 2.30. The molecular formula is C8H11BrN2O2. The van der Waals surface area contributed by atoms with Crippen LogP contribution in [0.3, 0.4) is 0 Å². The van der Waals surface area contributed by atoms with Crippen LogP contribution >= 0.6 is 15.9 Å². The molecule has 0 aromatic carbocycles. The molecule has 0 spiro atoms. The summed E-state index contributed by atoms with van der Waals surface area (Å²) in [4.78, 5) is 10.9. The van der Waals surface area contributed by atoms with E-state index in [1.165, 1.54) is 4.68 Å². The van der Waals surface area contributed by atoms with Gasteiger partial charge in [-0.2, -0.15) is 5.10 Å². The molecule has 4 nitrogen and oxygen atoms in total. The van der Waals surface area contributed by atoms with Crippen molar-refractivity contribution in [1.82, 2.24) is 9.78 Å². The van der Waals surface area contributed by atoms with Crippen molar-refractivity contribution in [3.63, 3.8) is 0 Å². The number of hydrogen-bond acceptors (Lipinski definition) is 2. The van der Waals surface area contributed by atoms with E-state index in [1.807, 2.05) is 13.8 Å². The first kappa shape index (κ1) is 10.2. The summed E-state index contributed by atoms with van der Waals surface area (Å²) in [5.74, 6) is -0.838. The maximum absolute atomic E-state index is 10.9. The lowest BCUT2D eigenvalue weighted by molar-refractivity contribution is -0.142. The molecular weight excluding hydrogens is 236 g/mol. The van der Waals surface area contributed by atoms with Gasteiger partial charge in [0.15, 0.2) is 6.04 Å². The average molecular weight is 247 g/mol. The van der Waals surface area contributed by atoms with Crippen molar-refractivity contribution in [2.24, 2.45) is 5.92 Å². The lowest BCUT2D eigenvalue weighted by Gasteiger charge is -2.15. The number of hydrogen-bond donors (Lipinski definition) is 1. The molecule has 5 heteroatoms.